The molecule has 2 atom stereocenters. The van der Waals surface area contributed by atoms with E-state index in [1.54, 1.807) is 13.1 Å². The van der Waals surface area contributed by atoms with Gasteiger partial charge in [0.15, 0.2) is 16.6 Å². The number of nitrogens with one attached hydrogen (secondary N) is 1. The van der Waals surface area contributed by atoms with Crippen LogP contribution in [0.25, 0.3) is 5.69 Å². The van der Waals surface area contributed by atoms with Crippen molar-refractivity contribution < 1.29 is 19.0 Å². The molecule has 1 aromatic carbocycles. The number of aryl methyl sites for hydroxylation is 1. The number of pyridine rings is 1. The molecule has 176 valence electrons. The summed E-state index contributed by atoms with van der Waals surface area (Å²) in [6, 6.07) is 13.4. The molecule has 9 heteroatoms. The Morgan fingerprint density at radius 1 is 1.21 bits per heavy atom. The molecule has 1 N–H and O–H groups in total. The highest BCUT2D eigenvalue weighted by molar-refractivity contribution is 7.80. The molecule has 0 aliphatic carbocycles. The van der Waals surface area contributed by atoms with Crippen molar-refractivity contribution in [1.29, 1.82) is 0 Å². The van der Waals surface area contributed by atoms with Crippen molar-refractivity contribution in [3.05, 3.63) is 71.3 Å². The number of rotatable bonds is 6. The minimum absolute atomic E-state index is 0.0569. The highest BCUT2D eigenvalue weighted by atomic mass is 32.1. The van der Waals surface area contributed by atoms with E-state index in [1.807, 2.05) is 41.3 Å². The van der Waals surface area contributed by atoms with E-state index < -0.39 is 0 Å². The summed E-state index contributed by atoms with van der Waals surface area (Å²) in [5.74, 6) is 1.15. The van der Waals surface area contributed by atoms with Gasteiger partial charge in [0.05, 0.1) is 24.4 Å². The van der Waals surface area contributed by atoms with Crippen molar-refractivity contribution in [3.8, 4) is 17.2 Å². The quantitative estimate of drug-likeness (QED) is 0.424. The fourth-order valence-electron chi connectivity index (χ4n) is 4.77. The van der Waals surface area contributed by atoms with Gasteiger partial charge in [0, 0.05) is 29.3 Å². The number of esters is 1. The summed E-state index contributed by atoms with van der Waals surface area (Å²) >= 11 is 5.67. The highest BCUT2D eigenvalue weighted by Crippen LogP contribution is 2.42. The van der Waals surface area contributed by atoms with E-state index in [0.29, 0.717) is 11.7 Å². The van der Waals surface area contributed by atoms with Crippen LogP contribution in [-0.4, -0.2) is 45.5 Å². The summed E-state index contributed by atoms with van der Waals surface area (Å²) in [4.78, 5) is 18.9. The Balaban J connectivity index is 1.59. The van der Waals surface area contributed by atoms with Crippen LogP contribution in [0.4, 0.5) is 0 Å². The average molecular weight is 479 g/mol. The fourth-order valence-corrected chi connectivity index (χ4v) is 5.07. The molecule has 1 saturated heterocycles. The van der Waals surface area contributed by atoms with Gasteiger partial charge in [-0.3, -0.25) is 9.78 Å². The van der Waals surface area contributed by atoms with Crippen molar-refractivity contribution in [2.45, 2.75) is 32.9 Å². The Morgan fingerprint density at radius 3 is 2.79 bits per heavy atom. The first-order valence-electron chi connectivity index (χ1n) is 11.2. The smallest absolute Gasteiger partial charge is 0.325 e. The number of benzene rings is 1. The normalized spacial score (nSPS) is 18.8. The lowest BCUT2D eigenvalue weighted by molar-refractivity contribution is -0.143. The zero-order chi connectivity index (χ0) is 23.8. The number of hydrogen-bond acceptors (Lipinski definition) is 6. The highest BCUT2D eigenvalue weighted by Gasteiger charge is 2.42. The summed E-state index contributed by atoms with van der Waals surface area (Å²) in [5.41, 5.74) is 4.99. The minimum Gasteiger partial charge on any atom is -0.465 e. The predicted molar refractivity (Wildman–Crippen MR) is 130 cm³/mol. The summed E-state index contributed by atoms with van der Waals surface area (Å²) in [7, 11) is 0. The van der Waals surface area contributed by atoms with Gasteiger partial charge in [-0.15, -0.1) is 0 Å². The maximum atomic E-state index is 12.5. The molecule has 0 amide bonds. The Labute approximate surface area is 203 Å². The zero-order valence-corrected chi connectivity index (χ0v) is 20.1. The van der Waals surface area contributed by atoms with Crippen molar-refractivity contribution in [2.24, 2.45) is 0 Å². The predicted octanol–water partition coefficient (Wildman–Crippen LogP) is 3.75. The van der Waals surface area contributed by atoms with Gasteiger partial charge in [-0.2, -0.15) is 0 Å². The van der Waals surface area contributed by atoms with Gasteiger partial charge in [0.1, 0.15) is 6.54 Å². The minimum atomic E-state index is -0.317. The number of hydrogen-bond donors (Lipinski definition) is 1. The number of carbonyl (C=O) groups is 1. The van der Waals surface area contributed by atoms with E-state index in [4.69, 9.17) is 26.4 Å². The molecule has 0 radical (unpaired) electrons. The first kappa shape index (κ1) is 22.2. The van der Waals surface area contributed by atoms with Gasteiger partial charge in [-0.1, -0.05) is 6.07 Å². The van der Waals surface area contributed by atoms with Gasteiger partial charge in [0.2, 0.25) is 6.79 Å². The molecule has 34 heavy (non-hydrogen) atoms. The second-order valence-corrected chi connectivity index (χ2v) is 8.65. The van der Waals surface area contributed by atoms with Crippen LogP contribution in [0.1, 0.15) is 41.7 Å². The molecular weight excluding hydrogens is 452 g/mol. The topological polar surface area (TPSA) is 77.9 Å². The maximum absolute atomic E-state index is 12.5. The van der Waals surface area contributed by atoms with Gasteiger partial charge < -0.3 is 29.0 Å². The molecule has 2 aliphatic rings. The summed E-state index contributed by atoms with van der Waals surface area (Å²) in [6.45, 7) is 6.54. The van der Waals surface area contributed by atoms with E-state index in [1.165, 1.54) is 0 Å². The number of aromatic nitrogens is 2. The molecule has 1 fully saturated rings. The largest absolute Gasteiger partial charge is 0.465 e. The summed E-state index contributed by atoms with van der Waals surface area (Å²) < 4.78 is 18.5. The van der Waals surface area contributed by atoms with E-state index in [2.05, 4.69) is 34.8 Å². The van der Waals surface area contributed by atoms with Crippen LogP contribution in [0.15, 0.2) is 48.7 Å². The molecule has 2 aliphatic heterocycles. The summed E-state index contributed by atoms with van der Waals surface area (Å²) in [6.07, 6.45) is 1.76. The van der Waals surface area contributed by atoms with Crippen LogP contribution in [0, 0.1) is 13.8 Å². The van der Waals surface area contributed by atoms with Crippen LogP contribution in [0.2, 0.25) is 0 Å². The third kappa shape index (κ3) is 3.86. The molecule has 2 aromatic heterocycles. The standard InChI is InChI=1S/C25H26N4O4S/c1-4-31-22(30)13-28-24(23(27-25(28)34)19-7-5-6-10-26-19)18-11-15(2)29(16(18)3)17-8-9-20-21(12-17)33-14-32-20/h5-12,23-24H,4,13-14H2,1-3H3,(H,27,34)/t23-,24-/m0/s1. The number of ether oxygens (including phenoxy) is 3. The van der Waals surface area contributed by atoms with Gasteiger partial charge in [-0.05, 0) is 68.9 Å². The number of nitrogens with zero attached hydrogens (tertiary/aromatic N) is 3. The van der Waals surface area contributed by atoms with E-state index >= 15 is 0 Å². The number of thiocarbonyl (C=S) groups is 1. The van der Waals surface area contributed by atoms with Crippen LogP contribution in [-0.2, 0) is 9.53 Å². The van der Waals surface area contributed by atoms with E-state index in [-0.39, 0.29) is 31.4 Å². The Morgan fingerprint density at radius 2 is 2.03 bits per heavy atom. The lowest BCUT2D eigenvalue weighted by Crippen LogP contribution is -2.35. The molecule has 8 nitrogen and oxygen atoms in total. The fraction of sp³-hybridized carbons (Fsp3) is 0.320. The van der Waals surface area contributed by atoms with Crippen LogP contribution in [0.5, 0.6) is 11.5 Å². The molecule has 0 bridgehead atoms. The molecular formula is C25H26N4O4S. The Bertz CT molecular complexity index is 1240. The monoisotopic (exact) mass is 478 g/mol. The second-order valence-electron chi connectivity index (χ2n) is 8.26. The number of fused-ring (bicyclic) bond motifs is 1. The second kappa shape index (κ2) is 8.98. The molecule has 0 unspecified atom stereocenters. The first-order chi connectivity index (χ1) is 16.5. The van der Waals surface area contributed by atoms with Crippen LogP contribution in [0.3, 0.4) is 0 Å². The van der Waals surface area contributed by atoms with Crippen molar-refractivity contribution in [2.75, 3.05) is 19.9 Å². The molecule has 4 heterocycles. The third-order valence-corrected chi connectivity index (χ3v) is 6.56. The SMILES string of the molecule is CCOC(=O)CN1C(=S)N[C@@H](c2ccccn2)[C@@H]1c1cc(C)n(-c2ccc3c(c2)OCO3)c1C. The van der Waals surface area contributed by atoms with E-state index in [9.17, 15) is 4.79 Å². The van der Waals surface area contributed by atoms with E-state index in [0.717, 1.165) is 39.8 Å². The Hall–Kier alpha value is -3.59. The first-order valence-corrected chi connectivity index (χ1v) is 11.6. The van der Waals surface area contributed by atoms with Crippen LogP contribution < -0.4 is 14.8 Å². The average Bonchev–Trinajstić information content (AvgIpc) is 3.50. The molecule has 0 spiro atoms. The third-order valence-electron chi connectivity index (χ3n) is 6.21. The maximum Gasteiger partial charge on any atom is 0.325 e. The number of carbonyl (C=O) groups excluding carboxylic acids is 1. The van der Waals surface area contributed by atoms with Crippen molar-refractivity contribution in [1.82, 2.24) is 19.8 Å². The Kier molecular flexibility index (Phi) is 5.87. The lowest BCUT2D eigenvalue weighted by Gasteiger charge is -2.27. The summed E-state index contributed by atoms with van der Waals surface area (Å²) in [5, 5.41) is 3.89. The van der Waals surface area contributed by atoms with Gasteiger partial charge in [-0.25, -0.2) is 0 Å². The molecule has 5 rings (SSSR count). The van der Waals surface area contributed by atoms with Crippen molar-refractivity contribution >= 4 is 23.3 Å². The van der Waals surface area contributed by atoms with Gasteiger partial charge in [0.25, 0.3) is 0 Å². The molecule has 0 saturated carbocycles. The van der Waals surface area contributed by atoms with Crippen LogP contribution >= 0.6 is 12.2 Å². The van der Waals surface area contributed by atoms with Crippen molar-refractivity contribution in [3.63, 3.8) is 0 Å². The lowest BCUT2D eigenvalue weighted by atomic mass is 9.97. The zero-order valence-electron chi connectivity index (χ0n) is 19.3. The van der Waals surface area contributed by atoms with Gasteiger partial charge >= 0.3 is 5.97 Å². The molecule has 3 aromatic rings.